The lowest BCUT2D eigenvalue weighted by molar-refractivity contribution is -0.138. The van der Waals surface area contributed by atoms with E-state index < -0.39 is 23.9 Å². The highest BCUT2D eigenvalue weighted by atomic mass is 16.5. The molecule has 1 atom stereocenters. The van der Waals surface area contributed by atoms with Crippen LogP contribution in [0.2, 0.25) is 0 Å². The molecule has 5 heterocycles. The van der Waals surface area contributed by atoms with E-state index in [1.54, 1.807) is 36.4 Å². The smallest absolute Gasteiger partial charge is 0.258 e. The minimum atomic E-state index is -2.33. The van der Waals surface area contributed by atoms with E-state index in [1.807, 2.05) is 55.6 Å². The topological polar surface area (TPSA) is 143 Å². The number of amides is 2. The Hall–Kier alpha value is -5.40. The molecule has 3 aromatic heterocycles. The number of nitrogens with one attached hydrogen (secondary N) is 2. The summed E-state index contributed by atoms with van der Waals surface area (Å²) in [6.07, 6.45) is 6.10. The summed E-state index contributed by atoms with van der Waals surface area (Å²) < 4.78 is 30.3. The second-order valence-corrected chi connectivity index (χ2v) is 11.9. The van der Waals surface area contributed by atoms with Gasteiger partial charge in [0.25, 0.3) is 5.91 Å². The minimum Gasteiger partial charge on any atom is -0.481 e. The first kappa shape index (κ1) is 28.8. The van der Waals surface area contributed by atoms with Gasteiger partial charge in [0.1, 0.15) is 12.0 Å². The van der Waals surface area contributed by atoms with Gasteiger partial charge in [-0.05, 0) is 48.2 Å². The van der Waals surface area contributed by atoms with E-state index in [-0.39, 0.29) is 26.1 Å². The Morgan fingerprint density at radius 1 is 1.04 bits per heavy atom. The molecule has 0 spiro atoms. The van der Waals surface area contributed by atoms with Crippen molar-refractivity contribution in [3.8, 4) is 28.5 Å². The molecule has 0 radical (unpaired) electrons. The number of pyridine rings is 1. The third kappa shape index (κ3) is 6.17. The molecule has 7 rings (SSSR count). The van der Waals surface area contributed by atoms with Crippen LogP contribution in [0.5, 0.6) is 5.88 Å². The molecule has 1 unspecified atom stereocenters. The molecule has 1 saturated heterocycles. The Kier molecular flexibility index (Phi) is 7.80. The minimum absolute atomic E-state index is 0.0861. The number of hydrogen-bond donors (Lipinski definition) is 2. The van der Waals surface area contributed by atoms with Gasteiger partial charge < -0.3 is 19.7 Å². The van der Waals surface area contributed by atoms with Crippen LogP contribution in [-0.4, -0.2) is 104 Å². The lowest BCUT2D eigenvalue weighted by atomic mass is 9.98. The van der Waals surface area contributed by atoms with Crippen molar-refractivity contribution in [2.75, 3.05) is 52.2 Å². The maximum atomic E-state index is 13.7. The molecule has 2 aliphatic rings. The van der Waals surface area contributed by atoms with Gasteiger partial charge in [0, 0.05) is 74.8 Å². The molecule has 13 nitrogen and oxygen atoms in total. The lowest BCUT2D eigenvalue weighted by Crippen LogP contribution is -2.48. The summed E-state index contributed by atoms with van der Waals surface area (Å²) in [7, 11) is 4.81. The first-order valence-corrected chi connectivity index (χ1v) is 15.7. The highest BCUT2D eigenvalue weighted by molar-refractivity contribution is 6.01. The quantitative estimate of drug-likeness (QED) is 0.244. The Labute approximate surface area is 280 Å². The predicted molar refractivity (Wildman–Crippen MR) is 181 cm³/mol. The van der Waals surface area contributed by atoms with Crippen molar-refractivity contribution >= 4 is 34.0 Å². The number of methoxy groups -OCH3 is 2. The molecule has 13 heteroatoms. The van der Waals surface area contributed by atoms with Gasteiger partial charge in [-0.15, -0.1) is 0 Å². The first-order chi connectivity index (χ1) is 24.1. The summed E-state index contributed by atoms with van der Waals surface area (Å²) in [5.74, 6) is 0.0856. The number of nitrogens with zero attached hydrogens (tertiary/aromatic N) is 7. The number of anilines is 1. The van der Waals surface area contributed by atoms with Gasteiger partial charge in [-0.25, -0.2) is 9.97 Å². The van der Waals surface area contributed by atoms with Crippen molar-refractivity contribution in [1.29, 1.82) is 0 Å². The number of likely N-dealkylation sites (tertiary alicyclic amines) is 1. The van der Waals surface area contributed by atoms with Crippen LogP contribution >= 0.6 is 0 Å². The number of aromatic amines is 1. The maximum Gasteiger partial charge on any atom is 0.258 e. The predicted octanol–water partition coefficient (Wildman–Crippen LogP) is 3.77. The second-order valence-electron chi connectivity index (χ2n) is 11.9. The average molecular weight is 650 g/mol. The highest BCUT2D eigenvalue weighted by Crippen LogP contribution is 2.31. The van der Waals surface area contributed by atoms with Crippen LogP contribution in [0, 0.1) is 0 Å². The fourth-order valence-electron chi connectivity index (χ4n) is 6.15. The molecule has 2 N–H and O–H groups in total. The number of benzene rings is 2. The third-order valence-corrected chi connectivity index (χ3v) is 8.94. The molecular formula is C35H37N9O4. The summed E-state index contributed by atoms with van der Waals surface area (Å²) in [5, 5.41) is 15.5. The van der Waals surface area contributed by atoms with E-state index >= 15 is 0 Å². The van der Waals surface area contributed by atoms with Crippen molar-refractivity contribution in [2.45, 2.75) is 18.4 Å². The van der Waals surface area contributed by atoms with E-state index in [9.17, 15) is 9.59 Å². The summed E-state index contributed by atoms with van der Waals surface area (Å²) in [4.78, 5) is 38.8. The number of hydrogen-bond acceptors (Lipinski definition) is 9. The van der Waals surface area contributed by atoms with Crippen LogP contribution in [0.15, 0.2) is 73.2 Å². The van der Waals surface area contributed by atoms with Gasteiger partial charge in [0.2, 0.25) is 11.8 Å². The van der Waals surface area contributed by atoms with Gasteiger partial charge in [-0.2, -0.15) is 10.2 Å². The van der Waals surface area contributed by atoms with E-state index in [4.69, 9.17) is 12.2 Å². The largest absolute Gasteiger partial charge is 0.481 e. The molecule has 5 aromatic rings. The summed E-state index contributed by atoms with van der Waals surface area (Å²) >= 11 is 0. The Balaban J connectivity index is 1.00. The number of ether oxygens (including phenoxy) is 2. The standard InChI is InChI=1S/C35H37N9O4/c1-42-22-37-33(41-42)25-6-4-23(5-7-25)24-12-15-44(16-13-24)31(45)20-43-17-14-35(21-43,48-3)34(46)38-27-9-10-29-28(18-27)32(40-39-29)26-8-11-30(47-2)36-19-26/h4-12,18-19,22H,13-17,20-21H2,1-3H3,(H,38,46)(H,39,40)/i20D2. The van der Waals surface area contributed by atoms with Crippen LogP contribution in [0.4, 0.5) is 5.69 Å². The molecular weight excluding hydrogens is 610 g/mol. The number of fused-ring (bicyclic) bond motifs is 1. The number of aromatic nitrogens is 6. The Morgan fingerprint density at radius 3 is 2.54 bits per heavy atom. The Morgan fingerprint density at radius 2 is 1.85 bits per heavy atom. The molecule has 246 valence electrons. The molecule has 1 fully saturated rings. The Bertz CT molecular complexity index is 2080. The van der Waals surface area contributed by atoms with Gasteiger partial charge >= 0.3 is 0 Å². The first-order valence-electron chi connectivity index (χ1n) is 16.7. The van der Waals surface area contributed by atoms with E-state index in [0.717, 1.165) is 33.2 Å². The third-order valence-electron chi connectivity index (χ3n) is 8.94. The van der Waals surface area contributed by atoms with Crippen LogP contribution < -0.4 is 10.1 Å². The molecule has 2 aromatic carbocycles. The summed E-state index contributed by atoms with van der Waals surface area (Å²) in [5.41, 5.74) is 4.45. The second kappa shape index (κ2) is 13.0. The number of carbonyl (C=O) groups is 2. The number of H-pyrrole nitrogens is 1. The summed E-state index contributed by atoms with van der Waals surface area (Å²) in [6, 6.07) is 17.0. The fraction of sp³-hybridized carbons (Fsp3) is 0.314. The molecule has 0 saturated carbocycles. The number of aryl methyl sites for hydroxylation is 1. The normalized spacial score (nSPS) is 19.1. The molecule has 0 bridgehead atoms. The van der Waals surface area contributed by atoms with Crippen LogP contribution in [0.25, 0.3) is 39.1 Å². The van der Waals surface area contributed by atoms with Crippen molar-refractivity contribution in [2.24, 2.45) is 7.05 Å². The van der Waals surface area contributed by atoms with Crippen molar-refractivity contribution in [3.63, 3.8) is 0 Å². The zero-order valence-electron chi connectivity index (χ0n) is 28.9. The number of carbonyl (C=O) groups excluding carboxylic acids is 2. The lowest BCUT2D eigenvalue weighted by Gasteiger charge is -2.30. The van der Waals surface area contributed by atoms with Crippen molar-refractivity contribution in [3.05, 3.63) is 78.8 Å². The maximum absolute atomic E-state index is 13.7. The average Bonchev–Trinajstić information content (AvgIpc) is 3.91. The zero-order valence-corrected chi connectivity index (χ0v) is 26.9. The monoisotopic (exact) mass is 649 g/mol. The van der Waals surface area contributed by atoms with Gasteiger partial charge in [0.15, 0.2) is 11.4 Å². The van der Waals surface area contributed by atoms with Crippen molar-refractivity contribution in [1.82, 2.24) is 39.7 Å². The molecule has 48 heavy (non-hydrogen) atoms. The molecule has 2 amide bonds. The van der Waals surface area contributed by atoms with Crippen LogP contribution in [0.3, 0.4) is 0 Å². The van der Waals surface area contributed by atoms with Crippen LogP contribution in [0.1, 0.15) is 21.1 Å². The number of rotatable bonds is 9. The van der Waals surface area contributed by atoms with Crippen molar-refractivity contribution < 1.29 is 21.8 Å². The van der Waals surface area contributed by atoms with Gasteiger partial charge in [-0.3, -0.25) is 24.3 Å². The van der Waals surface area contributed by atoms with E-state index in [0.29, 0.717) is 36.1 Å². The van der Waals surface area contributed by atoms with Crippen LogP contribution in [-0.2, 0) is 21.4 Å². The fourth-order valence-corrected chi connectivity index (χ4v) is 6.15. The van der Waals surface area contributed by atoms with E-state index in [1.165, 1.54) is 16.9 Å². The molecule has 0 aliphatic carbocycles. The van der Waals surface area contributed by atoms with Gasteiger partial charge in [-0.1, -0.05) is 30.3 Å². The highest BCUT2D eigenvalue weighted by Gasteiger charge is 2.45. The zero-order chi connectivity index (χ0) is 35.0. The van der Waals surface area contributed by atoms with E-state index in [2.05, 4.69) is 30.6 Å². The SMILES string of the molecule is [2H]C([2H])(C(=O)N1CC=C(c2ccc(-c3ncn(C)n3)cc2)CC1)N1CCC(OC)(C(=O)Nc2ccc3[nH]nc(-c4ccc(OC)nc4)c3c2)C1. The summed E-state index contributed by atoms with van der Waals surface area (Å²) in [6.45, 7) is -1.59. The van der Waals surface area contributed by atoms with Gasteiger partial charge in [0.05, 0.1) is 21.9 Å². The molecule has 2 aliphatic heterocycles.